The maximum atomic E-state index is 5.49. The van der Waals surface area contributed by atoms with Crippen molar-refractivity contribution in [3.8, 4) is 0 Å². The summed E-state index contributed by atoms with van der Waals surface area (Å²) in [6.07, 6.45) is 6.83. The van der Waals surface area contributed by atoms with Crippen molar-refractivity contribution >= 4 is 11.6 Å². The minimum Gasteiger partial charge on any atom is -0.370 e. The van der Waals surface area contributed by atoms with E-state index in [1.807, 2.05) is 13.0 Å². The van der Waals surface area contributed by atoms with Crippen LogP contribution in [0.5, 0.6) is 0 Å². The molecule has 0 amide bonds. The molecule has 0 aliphatic heterocycles. The van der Waals surface area contributed by atoms with E-state index in [1.54, 1.807) is 0 Å². The fourth-order valence-corrected chi connectivity index (χ4v) is 2.59. The number of hydrogen-bond donors (Lipinski definition) is 3. The van der Waals surface area contributed by atoms with Gasteiger partial charge >= 0.3 is 0 Å². The van der Waals surface area contributed by atoms with E-state index in [2.05, 4.69) is 20.6 Å². The molecule has 4 N–H and O–H groups in total. The van der Waals surface area contributed by atoms with Gasteiger partial charge in [-0.25, -0.2) is 9.97 Å². The van der Waals surface area contributed by atoms with Gasteiger partial charge in [-0.3, -0.25) is 0 Å². The van der Waals surface area contributed by atoms with Gasteiger partial charge < -0.3 is 16.4 Å². The second-order valence-corrected chi connectivity index (χ2v) is 5.29. The Hall–Kier alpha value is -1.36. The lowest BCUT2D eigenvalue weighted by Gasteiger charge is -2.22. The predicted octanol–water partition coefficient (Wildman–Crippen LogP) is 2.15. The molecular weight excluding hydrogens is 238 g/mol. The van der Waals surface area contributed by atoms with Gasteiger partial charge in [0.1, 0.15) is 17.5 Å². The number of nitrogens with two attached hydrogens (primary N) is 1. The number of aromatic nitrogens is 2. The lowest BCUT2D eigenvalue weighted by atomic mass is 9.89. The maximum Gasteiger partial charge on any atom is 0.131 e. The number of nitrogens with one attached hydrogen (secondary N) is 2. The first-order valence-corrected chi connectivity index (χ1v) is 7.31. The highest BCUT2D eigenvalue weighted by Gasteiger charge is 2.13. The van der Waals surface area contributed by atoms with Crippen LogP contribution >= 0.6 is 0 Å². The maximum absolute atomic E-state index is 5.49. The zero-order chi connectivity index (χ0) is 13.5. The number of hydrogen-bond acceptors (Lipinski definition) is 5. The van der Waals surface area contributed by atoms with Crippen LogP contribution in [0.4, 0.5) is 11.6 Å². The molecule has 1 aromatic heterocycles. The zero-order valence-electron chi connectivity index (χ0n) is 11.8. The van der Waals surface area contributed by atoms with E-state index in [0.717, 1.165) is 36.5 Å². The van der Waals surface area contributed by atoms with E-state index in [-0.39, 0.29) is 0 Å². The SMILES string of the molecule is Cc1nc(NCCN)cc(NCC2CCCCC2)n1. The molecule has 1 aliphatic rings. The molecule has 0 saturated heterocycles. The van der Waals surface area contributed by atoms with E-state index in [1.165, 1.54) is 32.1 Å². The average Bonchev–Trinajstić information content (AvgIpc) is 2.43. The molecule has 5 heteroatoms. The van der Waals surface area contributed by atoms with Crippen LogP contribution in [0.15, 0.2) is 6.07 Å². The summed E-state index contributed by atoms with van der Waals surface area (Å²) >= 11 is 0. The Morgan fingerprint density at radius 2 is 1.84 bits per heavy atom. The standard InChI is InChI=1S/C14H25N5/c1-11-18-13(16-8-7-15)9-14(19-11)17-10-12-5-3-2-4-6-12/h9,12H,2-8,10,15H2,1H3,(H2,16,17,18,19). The van der Waals surface area contributed by atoms with Crippen LogP contribution in [0.1, 0.15) is 37.9 Å². The highest BCUT2D eigenvalue weighted by Crippen LogP contribution is 2.24. The van der Waals surface area contributed by atoms with Crippen molar-refractivity contribution in [1.29, 1.82) is 0 Å². The fourth-order valence-electron chi connectivity index (χ4n) is 2.59. The van der Waals surface area contributed by atoms with Crippen molar-refractivity contribution in [1.82, 2.24) is 9.97 Å². The molecule has 19 heavy (non-hydrogen) atoms. The molecule has 0 atom stereocenters. The monoisotopic (exact) mass is 263 g/mol. The normalized spacial score (nSPS) is 16.3. The van der Waals surface area contributed by atoms with Crippen LogP contribution in [0.3, 0.4) is 0 Å². The third-order valence-corrected chi connectivity index (χ3v) is 3.59. The van der Waals surface area contributed by atoms with Crippen molar-refractivity contribution in [3.05, 3.63) is 11.9 Å². The molecule has 1 aliphatic carbocycles. The summed E-state index contributed by atoms with van der Waals surface area (Å²) in [5.74, 6) is 3.35. The molecule has 0 radical (unpaired) electrons. The lowest BCUT2D eigenvalue weighted by molar-refractivity contribution is 0.373. The van der Waals surface area contributed by atoms with Crippen LogP contribution in [-0.2, 0) is 0 Å². The molecule has 1 saturated carbocycles. The van der Waals surface area contributed by atoms with Gasteiger partial charge in [-0.05, 0) is 25.7 Å². The van der Waals surface area contributed by atoms with E-state index >= 15 is 0 Å². The van der Waals surface area contributed by atoms with Gasteiger partial charge in [0, 0.05) is 25.7 Å². The van der Waals surface area contributed by atoms with Crippen molar-refractivity contribution < 1.29 is 0 Å². The topological polar surface area (TPSA) is 75.9 Å². The van der Waals surface area contributed by atoms with Gasteiger partial charge in [0.05, 0.1) is 0 Å². The van der Waals surface area contributed by atoms with Gasteiger partial charge in [-0.15, -0.1) is 0 Å². The molecule has 0 spiro atoms. The predicted molar refractivity (Wildman–Crippen MR) is 79.4 cm³/mol. The van der Waals surface area contributed by atoms with E-state index < -0.39 is 0 Å². The number of rotatable bonds is 6. The van der Waals surface area contributed by atoms with E-state index in [4.69, 9.17) is 5.73 Å². The van der Waals surface area contributed by atoms with E-state index in [0.29, 0.717) is 6.54 Å². The van der Waals surface area contributed by atoms with Crippen molar-refractivity contribution in [2.45, 2.75) is 39.0 Å². The van der Waals surface area contributed by atoms with Crippen LogP contribution in [0.2, 0.25) is 0 Å². The zero-order valence-corrected chi connectivity index (χ0v) is 11.8. The molecule has 106 valence electrons. The van der Waals surface area contributed by atoms with Crippen LogP contribution in [0, 0.1) is 12.8 Å². The van der Waals surface area contributed by atoms with Crippen LogP contribution < -0.4 is 16.4 Å². The smallest absolute Gasteiger partial charge is 0.131 e. The van der Waals surface area contributed by atoms with Gasteiger partial charge in [-0.1, -0.05) is 19.3 Å². The quantitative estimate of drug-likeness (QED) is 0.733. The molecule has 1 heterocycles. The molecule has 0 bridgehead atoms. The fraction of sp³-hybridized carbons (Fsp3) is 0.714. The summed E-state index contributed by atoms with van der Waals surface area (Å²) in [4.78, 5) is 8.78. The summed E-state index contributed by atoms with van der Waals surface area (Å²) in [6, 6.07) is 1.96. The lowest BCUT2D eigenvalue weighted by Crippen LogP contribution is -2.18. The largest absolute Gasteiger partial charge is 0.370 e. The highest BCUT2D eigenvalue weighted by atomic mass is 15.1. The first-order valence-electron chi connectivity index (χ1n) is 7.31. The first-order chi connectivity index (χ1) is 9.28. The summed E-state index contributed by atoms with van der Waals surface area (Å²) < 4.78 is 0. The Morgan fingerprint density at radius 3 is 2.53 bits per heavy atom. The molecule has 0 aromatic carbocycles. The summed E-state index contributed by atoms with van der Waals surface area (Å²) in [7, 11) is 0. The average molecular weight is 263 g/mol. The summed E-state index contributed by atoms with van der Waals surface area (Å²) in [5, 5.41) is 6.65. The number of aryl methyl sites for hydroxylation is 1. The Kier molecular flexibility index (Phi) is 5.39. The Labute approximate surface area is 115 Å². The minimum atomic E-state index is 0.605. The van der Waals surface area contributed by atoms with Crippen LogP contribution in [-0.4, -0.2) is 29.6 Å². The third kappa shape index (κ3) is 4.67. The first kappa shape index (κ1) is 14.1. The highest BCUT2D eigenvalue weighted by molar-refractivity contribution is 5.47. The minimum absolute atomic E-state index is 0.605. The van der Waals surface area contributed by atoms with Gasteiger partial charge in [-0.2, -0.15) is 0 Å². The second-order valence-electron chi connectivity index (χ2n) is 5.29. The Balaban J connectivity index is 1.89. The van der Waals surface area contributed by atoms with Gasteiger partial charge in [0.25, 0.3) is 0 Å². The number of nitrogens with zero attached hydrogens (tertiary/aromatic N) is 2. The molecule has 5 nitrogen and oxygen atoms in total. The third-order valence-electron chi connectivity index (χ3n) is 3.59. The Morgan fingerprint density at radius 1 is 1.16 bits per heavy atom. The van der Waals surface area contributed by atoms with Crippen molar-refractivity contribution in [3.63, 3.8) is 0 Å². The summed E-state index contributed by atoms with van der Waals surface area (Å²) in [5.41, 5.74) is 5.49. The van der Waals surface area contributed by atoms with Crippen LogP contribution in [0.25, 0.3) is 0 Å². The van der Waals surface area contributed by atoms with Gasteiger partial charge in [0.2, 0.25) is 0 Å². The summed E-state index contributed by atoms with van der Waals surface area (Å²) in [6.45, 7) is 4.28. The van der Waals surface area contributed by atoms with Gasteiger partial charge in [0.15, 0.2) is 0 Å². The van der Waals surface area contributed by atoms with E-state index in [9.17, 15) is 0 Å². The Bertz CT molecular complexity index is 387. The molecule has 1 fully saturated rings. The second kappa shape index (κ2) is 7.28. The van der Waals surface area contributed by atoms with Crippen molar-refractivity contribution in [2.75, 3.05) is 30.3 Å². The molecular formula is C14H25N5. The molecule has 2 rings (SSSR count). The molecule has 1 aromatic rings. The number of anilines is 2. The van der Waals surface area contributed by atoms with Crippen molar-refractivity contribution in [2.24, 2.45) is 11.7 Å². The molecule has 0 unspecified atom stereocenters.